The molecule has 0 atom stereocenters. The van der Waals surface area contributed by atoms with Gasteiger partial charge in [-0.25, -0.2) is 9.37 Å². The molecule has 2 aromatic heterocycles. The molecule has 5 nitrogen and oxygen atoms in total. The minimum Gasteiger partial charge on any atom is -0.333 e. The Hall–Kier alpha value is -2.29. The molecular formula is C18H13ClFN3O2S2. The molecule has 0 saturated carbocycles. The maximum Gasteiger partial charge on any atom is 0.267 e. The van der Waals surface area contributed by atoms with Crippen molar-refractivity contribution >= 4 is 51.2 Å². The normalized spacial score (nSPS) is 13.3. The molecule has 2 amide bonds. The third-order valence-electron chi connectivity index (χ3n) is 4.15. The number of thiophene rings is 1. The molecule has 138 valence electrons. The van der Waals surface area contributed by atoms with E-state index in [-0.39, 0.29) is 22.4 Å². The van der Waals surface area contributed by atoms with Gasteiger partial charge in [0.25, 0.3) is 11.8 Å². The Labute approximate surface area is 167 Å². The van der Waals surface area contributed by atoms with Crippen LogP contribution in [0.15, 0.2) is 35.7 Å². The van der Waals surface area contributed by atoms with E-state index in [0.717, 1.165) is 16.6 Å². The van der Waals surface area contributed by atoms with Gasteiger partial charge in [-0.15, -0.1) is 11.3 Å². The Kier molecular flexibility index (Phi) is 4.94. The SMILES string of the molecule is O=C(Nc1nc2c(s1)CN(C(=O)c1ccc(F)cc1Cl)CC2)c1cccs1. The van der Waals surface area contributed by atoms with Crippen LogP contribution in [0.25, 0.3) is 0 Å². The number of nitrogens with one attached hydrogen (secondary N) is 1. The molecule has 27 heavy (non-hydrogen) atoms. The van der Waals surface area contributed by atoms with Gasteiger partial charge in [0, 0.05) is 17.8 Å². The van der Waals surface area contributed by atoms with E-state index in [1.54, 1.807) is 11.0 Å². The molecule has 1 aromatic carbocycles. The van der Waals surface area contributed by atoms with E-state index >= 15 is 0 Å². The first-order chi connectivity index (χ1) is 13.0. The standard InChI is InChI=1S/C18H13ClFN3O2S2/c19-12-8-10(20)3-4-11(12)17(25)23-6-5-13-15(9-23)27-18(21-13)22-16(24)14-2-1-7-26-14/h1-4,7-8H,5-6,9H2,(H,21,22,24). The Morgan fingerprint density at radius 1 is 1.30 bits per heavy atom. The van der Waals surface area contributed by atoms with Gasteiger partial charge in [0.1, 0.15) is 5.82 Å². The van der Waals surface area contributed by atoms with E-state index in [1.165, 1.54) is 34.8 Å². The summed E-state index contributed by atoms with van der Waals surface area (Å²) in [6, 6.07) is 7.32. The number of hydrogen-bond acceptors (Lipinski definition) is 5. The first kappa shape index (κ1) is 18.1. The van der Waals surface area contributed by atoms with Gasteiger partial charge in [0.15, 0.2) is 5.13 Å². The number of nitrogens with zero attached hydrogens (tertiary/aromatic N) is 2. The Morgan fingerprint density at radius 3 is 2.89 bits per heavy atom. The summed E-state index contributed by atoms with van der Waals surface area (Å²) in [4.78, 5) is 32.6. The molecule has 4 rings (SSSR count). The Bertz CT molecular complexity index is 1020. The fraction of sp³-hybridized carbons (Fsp3) is 0.167. The van der Waals surface area contributed by atoms with Crippen molar-refractivity contribution in [1.29, 1.82) is 0 Å². The van der Waals surface area contributed by atoms with Crippen LogP contribution in [0, 0.1) is 5.82 Å². The second-order valence-electron chi connectivity index (χ2n) is 5.92. The lowest BCUT2D eigenvalue weighted by molar-refractivity contribution is 0.0736. The summed E-state index contributed by atoms with van der Waals surface area (Å²) in [5, 5.41) is 5.26. The van der Waals surface area contributed by atoms with Crippen LogP contribution in [-0.2, 0) is 13.0 Å². The first-order valence-electron chi connectivity index (χ1n) is 8.09. The third-order valence-corrected chi connectivity index (χ3v) is 6.32. The highest BCUT2D eigenvalue weighted by Crippen LogP contribution is 2.30. The molecule has 0 unspecified atom stereocenters. The molecule has 0 aliphatic carbocycles. The van der Waals surface area contributed by atoms with Crippen molar-refractivity contribution in [2.75, 3.05) is 11.9 Å². The topological polar surface area (TPSA) is 62.3 Å². The van der Waals surface area contributed by atoms with Crippen LogP contribution in [0.3, 0.4) is 0 Å². The van der Waals surface area contributed by atoms with Gasteiger partial charge in [-0.2, -0.15) is 0 Å². The summed E-state index contributed by atoms with van der Waals surface area (Å²) in [5.74, 6) is -0.920. The monoisotopic (exact) mass is 421 g/mol. The van der Waals surface area contributed by atoms with Crippen LogP contribution in [0.1, 0.15) is 30.6 Å². The van der Waals surface area contributed by atoms with E-state index < -0.39 is 5.82 Å². The highest BCUT2D eigenvalue weighted by Gasteiger charge is 2.26. The lowest BCUT2D eigenvalue weighted by atomic mass is 10.1. The molecule has 3 aromatic rings. The Balaban J connectivity index is 1.49. The van der Waals surface area contributed by atoms with Gasteiger partial charge < -0.3 is 4.90 Å². The van der Waals surface area contributed by atoms with Crippen LogP contribution < -0.4 is 5.32 Å². The maximum atomic E-state index is 13.2. The van der Waals surface area contributed by atoms with E-state index in [1.807, 2.05) is 11.4 Å². The molecule has 0 bridgehead atoms. The molecule has 0 fully saturated rings. The van der Waals surface area contributed by atoms with Crippen LogP contribution in [-0.4, -0.2) is 28.2 Å². The van der Waals surface area contributed by atoms with Gasteiger partial charge in [-0.05, 0) is 29.6 Å². The number of hydrogen-bond donors (Lipinski definition) is 1. The lowest BCUT2D eigenvalue weighted by Crippen LogP contribution is -2.35. The number of benzene rings is 1. The first-order valence-corrected chi connectivity index (χ1v) is 10.2. The van der Waals surface area contributed by atoms with Crippen molar-refractivity contribution in [1.82, 2.24) is 9.88 Å². The minimum absolute atomic E-state index is 0.0963. The molecule has 0 radical (unpaired) electrons. The molecule has 1 aliphatic rings. The molecule has 0 spiro atoms. The van der Waals surface area contributed by atoms with Crippen LogP contribution >= 0.6 is 34.3 Å². The number of fused-ring (bicyclic) bond motifs is 1. The van der Waals surface area contributed by atoms with Gasteiger partial charge in [-0.3, -0.25) is 14.9 Å². The van der Waals surface area contributed by atoms with Gasteiger partial charge >= 0.3 is 0 Å². The van der Waals surface area contributed by atoms with Gasteiger partial charge in [0.2, 0.25) is 0 Å². The largest absolute Gasteiger partial charge is 0.333 e. The van der Waals surface area contributed by atoms with Crippen molar-refractivity contribution in [2.24, 2.45) is 0 Å². The predicted octanol–water partition coefficient (Wildman–Crippen LogP) is 4.45. The quantitative estimate of drug-likeness (QED) is 0.679. The van der Waals surface area contributed by atoms with Crippen LogP contribution in [0.5, 0.6) is 0 Å². The molecule has 1 aliphatic heterocycles. The minimum atomic E-state index is -0.480. The summed E-state index contributed by atoms with van der Waals surface area (Å²) in [5.41, 5.74) is 1.16. The molecule has 0 saturated heterocycles. The summed E-state index contributed by atoms with van der Waals surface area (Å²) < 4.78 is 13.2. The van der Waals surface area contributed by atoms with E-state index in [9.17, 15) is 14.0 Å². The average molecular weight is 422 g/mol. The lowest BCUT2D eigenvalue weighted by Gasteiger charge is -2.26. The number of anilines is 1. The zero-order chi connectivity index (χ0) is 19.0. The van der Waals surface area contributed by atoms with Crippen LogP contribution in [0.4, 0.5) is 9.52 Å². The zero-order valence-electron chi connectivity index (χ0n) is 13.9. The second kappa shape index (κ2) is 7.38. The van der Waals surface area contributed by atoms with Gasteiger partial charge in [0.05, 0.1) is 27.7 Å². The summed E-state index contributed by atoms with van der Waals surface area (Å²) in [6.45, 7) is 0.871. The predicted molar refractivity (Wildman–Crippen MR) is 104 cm³/mol. The van der Waals surface area contributed by atoms with Crippen molar-refractivity contribution < 1.29 is 14.0 Å². The fourth-order valence-electron chi connectivity index (χ4n) is 2.82. The number of thiazole rings is 1. The van der Waals surface area contributed by atoms with Crippen molar-refractivity contribution in [3.8, 4) is 0 Å². The van der Waals surface area contributed by atoms with Crippen molar-refractivity contribution in [3.63, 3.8) is 0 Å². The van der Waals surface area contributed by atoms with E-state index in [4.69, 9.17) is 11.6 Å². The Morgan fingerprint density at radius 2 is 2.15 bits per heavy atom. The molecule has 3 heterocycles. The summed E-state index contributed by atoms with van der Waals surface area (Å²) in [7, 11) is 0. The number of halogens is 2. The summed E-state index contributed by atoms with van der Waals surface area (Å²) >= 11 is 8.73. The van der Waals surface area contributed by atoms with E-state index in [2.05, 4.69) is 10.3 Å². The number of aromatic nitrogens is 1. The van der Waals surface area contributed by atoms with E-state index in [0.29, 0.717) is 29.5 Å². The average Bonchev–Trinajstić information content (AvgIpc) is 3.30. The molecular weight excluding hydrogens is 409 g/mol. The number of amides is 2. The third kappa shape index (κ3) is 3.73. The maximum absolute atomic E-state index is 13.2. The zero-order valence-corrected chi connectivity index (χ0v) is 16.3. The summed E-state index contributed by atoms with van der Waals surface area (Å²) in [6.07, 6.45) is 0.589. The number of carbonyl (C=O) groups excluding carboxylic acids is 2. The highest BCUT2D eigenvalue weighted by molar-refractivity contribution is 7.16. The van der Waals surface area contributed by atoms with Crippen molar-refractivity contribution in [3.05, 3.63) is 67.6 Å². The highest BCUT2D eigenvalue weighted by atomic mass is 35.5. The fourth-order valence-corrected chi connectivity index (χ4v) is 4.71. The second-order valence-corrected chi connectivity index (χ2v) is 8.36. The number of rotatable bonds is 3. The molecule has 1 N–H and O–H groups in total. The van der Waals surface area contributed by atoms with Crippen molar-refractivity contribution in [2.45, 2.75) is 13.0 Å². The van der Waals surface area contributed by atoms with Crippen LogP contribution in [0.2, 0.25) is 5.02 Å². The smallest absolute Gasteiger partial charge is 0.267 e. The van der Waals surface area contributed by atoms with Gasteiger partial charge in [-0.1, -0.05) is 29.0 Å². The molecule has 9 heteroatoms. The number of carbonyl (C=O) groups is 2.